The Morgan fingerprint density at radius 1 is 1.33 bits per heavy atom. The molecular formula is C15H24O3. The normalized spacial score (nSPS) is 40.4. The van der Waals surface area contributed by atoms with E-state index in [1.165, 1.54) is 45.4 Å². The average Bonchev–Trinajstić information content (AvgIpc) is 3.04. The third kappa shape index (κ3) is 2.29. The van der Waals surface area contributed by atoms with Crippen molar-refractivity contribution in [1.29, 1.82) is 0 Å². The van der Waals surface area contributed by atoms with Crippen LogP contribution in [0, 0.1) is 17.8 Å². The van der Waals surface area contributed by atoms with Crippen molar-refractivity contribution in [2.24, 2.45) is 17.8 Å². The number of hydrogen-bond acceptors (Lipinski definition) is 3. The molecule has 1 aliphatic heterocycles. The van der Waals surface area contributed by atoms with Crippen LogP contribution in [0.2, 0.25) is 0 Å². The molecule has 0 aromatic carbocycles. The Morgan fingerprint density at radius 3 is 2.89 bits per heavy atom. The van der Waals surface area contributed by atoms with Crippen LogP contribution in [-0.2, 0) is 14.3 Å². The second kappa shape index (κ2) is 4.84. The highest BCUT2D eigenvalue weighted by molar-refractivity contribution is 5.65. The number of epoxide rings is 1. The molecule has 1 spiro atoms. The third-order valence-electron chi connectivity index (χ3n) is 5.18. The van der Waals surface area contributed by atoms with E-state index < -0.39 is 0 Å². The SMILES string of the molecule is CC(=O)OCCCCCC1CCC2CC3(CO3)C12. The number of hydrogen-bond donors (Lipinski definition) is 0. The molecule has 0 aromatic rings. The minimum Gasteiger partial charge on any atom is -0.466 e. The number of unbranched alkanes of at least 4 members (excludes halogenated alkanes) is 2. The zero-order valence-corrected chi connectivity index (χ0v) is 11.3. The molecule has 4 unspecified atom stereocenters. The second-order valence-corrected chi connectivity index (χ2v) is 6.37. The van der Waals surface area contributed by atoms with Crippen molar-refractivity contribution in [1.82, 2.24) is 0 Å². The van der Waals surface area contributed by atoms with Gasteiger partial charge in [0, 0.05) is 6.92 Å². The summed E-state index contributed by atoms with van der Waals surface area (Å²) in [6, 6.07) is 0. The summed E-state index contributed by atoms with van der Waals surface area (Å²) in [4.78, 5) is 10.6. The van der Waals surface area contributed by atoms with E-state index in [1.54, 1.807) is 0 Å². The zero-order chi connectivity index (χ0) is 12.6. The van der Waals surface area contributed by atoms with E-state index in [9.17, 15) is 4.79 Å². The number of esters is 1. The van der Waals surface area contributed by atoms with Gasteiger partial charge in [-0.15, -0.1) is 0 Å². The molecule has 2 aliphatic carbocycles. The lowest BCUT2D eigenvalue weighted by Crippen LogP contribution is -2.44. The van der Waals surface area contributed by atoms with E-state index in [0.717, 1.165) is 30.8 Å². The van der Waals surface area contributed by atoms with Crippen LogP contribution in [0.4, 0.5) is 0 Å². The first-order chi connectivity index (χ1) is 8.71. The summed E-state index contributed by atoms with van der Waals surface area (Å²) in [5, 5.41) is 0. The molecule has 0 aromatic heterocycles. The first kappa shape index (κ1) is 12.5. The van der Waals surface area contributed by atoms with Gasteiger partial charge in [0.15, 0.2) is 0 Å². The highest BCUT2D eigenvalue weighted by atomic mass is 16.6. The van der Waals surface area contributed by atoms with Crippen LogP contribution >= 0.6 is 0 Å². The molecule has 3 heteroatoms. The minimum atomic E-state index is -0.157. The predicted octanol–water partition coefficient (Wildman–Crippen LogP) is 2.93. The van der Waals surface area contributed by atoms with Gasteiger partial charge in [0.1, 0.15) is 0 Å². The van der Waals surface area contributed by atoms with Crippen LogP contribution in [0.5, 0.6) is 0 Å². The molecule has 3 aliphatic rings. The second-order valence-electron chi connectivity index (χ2n) is 6.37. The number of ether oxygens (including phenoxy) is 2. The van der Waals surface area contributed by atoms with E-state index >= 15 is 0 Å². The lowest BCUT2D eigenvalue weighted by molar-refractivity contribution is -0.141. The van der Waals surface area contributed by atoms with Crippen LogP contribution in [0.15, 0.2) is 0 Å². The van der Waals surface area contributed by atoms with Crippen LogP contribution in [0.3, 0.4) is 0 Å². The number of fused-ring (bicyclic) bond motifs is 2. The van der Waals surface area contributed by atoms with Crippen molar-refractivity contribution in [3.63, 3.8) is 0 Å². The fraction of sp³-hybridized carbons (Fsp3) is 0.933. The zero-order valence-electron chi connectivity index (χ0n) is 11.3. The Hall–Kier alpha value is -0.570. The van der Waals surface area contributed by atoms with Gasteiger partial charge >= 0.3 is 5.97 Å². The van der Waals surface area contributed by atoms with Gasteiger partial charge < -0.3 is 9.47 Å². The summed E-state index contributed by atoms with van der Waals surface area (Å²) < 4.78 is 10.6. The van der Waals surface area contributed by atoms with E-state index in [0.29, 0.717) is 12.2 Å². The minimum absolute atomic E-state index is 0.157. The van der Waals surface area contributed by atoms with Crippen molar-refractivity contribution in [2.75, 3.05) is 13.2 Å². The molecule has 0 bridgehead atoms. The van der Waals surface area contributed by atoms with Gasteiger partial charge in [-0.3, -0.25) is 4.79 Å². The molecule has 3 nitrogen and oxygen atoms in total. The summed E-state index contributed by atoms with van der Waals surface area (Å²) in [7, 11) is 0. The van der Waals surface area contributed by atoms with Gasteiger partial charge in [0.2, 0.25) is 0 Å². The summed E-state index contributed by atoms with van der Waals surface area (Å²) in [6.07, 6.45) is 9.05. The average molecular weight is 252 g/mol. The quantitative estimate of drug-likeness (QED) is 0.414. The lowest BCUT2D eigenvalue weighted by atomic mass is 9.63. The van der Waals surface area contributed by atoms with Crippen LogP contribution < -0.4 is 0 Å². The van der Waals surface area contributed by atoms with Gasteiger partial charge in [0.05, 0.1) is 18.8 Å². The van der Waals surface area contributed by atoms with Gasteiger partial charge in [-0.05, 0) is 43.4 Å². The third-order valence-corrected chi connectivity index (χ3v) is 5.18. The fourth-order valence-corrected chi connectivity index (χ4v) is 4.31. The Balaban J connectivity index is 1.31. The standard InChI is InChI=1S/C15H24O3/c1-11(16)17-8-4-2-3-5-12-6-7-13-9-15(10-18-15)14(12)13/h12-14H,2-10H2,1H3. The van der Waals surface area contributed by atoms with Crippen molar-refractivity contribution in [2.45, 2.75) is 57.5 Å². The number of rotatable bonds is 6. The topological polar surface area (TPSA) is 38.8 Å². The van der Waals surface area contributed by atoms with Gasteiger partial charge in [-0.25, -0.2) is 0 Å². The van der Waals surface area contributed by atoms with Crippen molar-refractivity contribution in [3.05, 3.63) is 0 Å². The Kier molecular flexibility index (Phi) is 3.35. The largest absolute Gasteiger partial charge is 0.466 e. The first-order valence-corrected chi connectivity index (χ1v) is 7.49. The molecule has 102 valence electrons. The van der Waals surface area contributed by atoms with Gasteiger partial charge in [-0.1, -0.05) is 19.3 Å². The molecule has 0 radical (unpaired) electrons. The molecule has 0 N–H and O–H groups in total. The Labute approximate surface area is 109 Å². The van der Waals surface area contributed by atoms with E-state index in [2.05, 4.69) is 0 Å². The number of carbonyl (C=O) groups is 1. The monoisotopic (exact) mass is 252 g/mol. The van der Waals surface area contributed by atoms with Crippen LogP contribution in [-0.4, -0.2) is 24.8 Å². The molecular weight excluding hydrogens is 228 g/mol. The highest BCUT2D eigenvalue weighted by Crippen LogP contribution is 2.64. The maximum Gasteiger partial charge on any atom is 0.302 e. The lowest BCUT2D eigenvalue weighted by Gasteiger charge is -2.41. The molecule has 1 saturated heterocycles. The van der Waals surface area contributed by atoms with E-state index in [1.807, 2.05) is 0 Å². The molecule has 0 amide bonds. The molecule has 3 rings (SSSR count). The van der Waals surface area contributed by atoms with Gasteiger partial charge in [0.25, 0.3) is 0 Å². The Morgan fingerprint density at radius 2 is 2.17 bits per heavy atom. The van der Waals surface area contributed by atoms with Crippen LogP contribution in [0.25, 0.3) is 0 Å². The smallest absolute Gasteiger partial charge is 0.302 e. The summed E-state index contributed by atoms with van der Waals surface area (Å²) in [6.45, 7) is 3.11. The molecule has 2 saturated carbocycles. The number of carbonyl (C=O) groups excluding carboxylic acids is 1. The fourth-order valence-electron chi connectivity index (χ4n) is 4.31. The van der Waals surface area contributed by atoms with E-state index in [-0.39, 0.29) is 5.97 Å². The van der Waals surface area contributed by atoms with Crippen molar-refractivity contribution >= 4 is 5.97 Å². The summed E-state index contributed by atoms with van der Waals surface area (Å²) >= 11 is 0. The highest BCUT2D eigenvalue weighted by Gasteiger charge is 2.66. The summed E-state index contributed by atoms with van der Waals surface area (Å²) in [5.41, 5.74) is 0.365. The van der Waals surface area contributed by atoms with Crippen LogP contribution in [0.1, 0.15) is 51.9 Å². The van der Waals surface area contributed by atoms with E-state index in [4.69, 9.17) is 9.47 Å². The van der Waals surface area contributed by atoms with Crippen molar-refractivity contribution < 1.29 is 14.3 Å². The maximum atomic E-state index is 10.6. The molecule has 3 fully saturated rings. The van der Waals surface area contributed by atoms with Gasteiger partial charge in [-0.2, -0.15) is 0 Å². The molecule has 4 atom stereocenters. The van der Waals surface area contributed by atoms with Crippen molar-refractivity contribution in [3.8, 4) is 0 Å². The Bertz CT molecular complexity index is 322. The first-order valence-electron chi connectivity index (χ1n) is 7.49. The maximum absolute atomic E-state index is 10.6. The summed E-state index contributed by atoms with van der Waals surface area (Å²) in [5.74, 6) is 2.64. The predicted molar refractivity (Wildman–Crippen MR) is 68.1 cm³/mol. The molecule has 18 heavy (non-hydrogen) atoms. The molecule has 1 heterocycles.